The maximum atomic E-state index is 5.64. The van der Waals surface area contributed by atoms with Crippen LogP contribution in [0.2, 0.25) is 0 Å². The van der Waals surface area contributed by atoms with Crippen LogP contribution >= 0.6 is 0 Å². The molecule has 1 fully saturated rings. The number of hydrogen-bond donors (Lipinski definition) is 1. The highest BCUT2D eigenvalue weighted by Gasteiger charge is 2.39. The zero-order valence-electron chi connectivity index (χ0n) is 8.95. The van der Waals surface area contributed by atoms with Gasteiger partial charge in [-0.15, -0.1) is 0 Å². The van der Waals surface area contributed by atoms with Gasteiger partial charge in [-0.2, -0.15) is 4.98 Å². The third-order valence-electron chi connectivity index (χ3n) is 2.97. The Balaban J connectivity index is 2.17. The molecule has 1 aliphatic carbocycles. The molecule has 78 valence electrons. The Bertz CT molecular complexity index is 332. The fourth-order valence-corrected chi connectivity index (χ4v) is 1.43. The van der Waals surface area contributed by atoms with E-state index >= 15 is 0 Å². The van der Waals surface area contributed by atoms with Crippen molar-refractivity contribution in [3.8, 4) is 0 Å². The van der Waals surface area contributed by atoms with Crippen molar-refractivity contribution >= 4 is 0 Å². The Labute approximate surface area is 83.9 Å². The fourth-order valence-electron chi connectivity index (χ4n) is 1.43. The quantitative estimate of drug-likeness (QED) is 0.792. The lowest BCUT2D eigenvalue weighted by atomic mass is 9.94. The van der Waals surface area contributed by atoms with Crippen LogP contribution in [0.15, 0.2) is 4.52 Å². The van der Waals surface area contributed by atoms with E-state index in [1.54, 1.807) is 0 Å². The Kier molecular flexibility index (Phi) is 2.10. The van der Waals surface area contributed by atoms with Crippen LogP contribution in [0.3, 0.4) is 0 Å². The van der Waals surface area contributed by atoms with Crippen LogP contribution in [-0.2, 0) is 5.41 Å². The van der Waals surface area contributed by atoms with Gasteiger partial charge in [0.05, 0.1) is 5.41 Å². The minimum atomic E-state index is -0.205. The van der Waals surface area contributed by atoms with Crippen LogP contribution in [0.1, 0.15) is 44.8 Å². The normalized spacial score (nSPS) is 26.6. The Hall–Kier alpha value is -0.900. The highest BCUT2D eigenvalue weighted by Crippen LogP contribution is 2.45. The van der Waals surface area contributed by atoms with Gasteiger partial charge in [0.1, 0.15) is 0 Å². The molecule has 4 nitrogen and oxygen atoms in total. The van der Waals surface area contributed by atoms with E-state index < -0.39 is 0 Å². The number of rotatable bonds is 3. The third kappa shape index (κ3) is 1.54. The molecule has 1 aliphatic rings. The summed E-state index contributed by atoms with van der Waals surface area (Å²) in [5, 5.41) is 4.00. The minimum absolute atomic E-state index is 0.205. The molecular formula is C10H17N3O. The predicted octanol–water partition coefficient (Wildman–Crippen LogP) is 1.43. The van der Waals surface area contributed by atoms with Gasteiger partial charge in [0.25, 0.3) is 0 Å². The summed E-state index contributed by atoms with van der Waals surface area (Å²) in [6, 6.07) is 0. The summed E-state index contributed by atoms with van der Waals surface area (Å²) in [7, 11) is 0. The van der Waals surface area contributed by atoms with Crippen LogP contribution < -0.4 is 5.73 Å². The summed E-state index contributed by atoms with van der Waals surface area (Å²) in [5.74, 6) is 2.74. The van der Waals surface area contributed by atoms with Crippen molar-refractivity contribution in [2.75, 3.05) is 6.54 Å². The molecule has 0 bridgehead atoms. The largest absolute Gasteiger partial charge is 0.339 e. The Morgan fingerprint density at radius 3 is 2.71 bits per heavy atom. The monoisotopic (exact) mass is 195 g/mol. The first kappa shape index (κ1) is 9.65. The first-order valence-electron chi connectivity index (χ1n) is 5.09. The molecule has 2 atom stereocenters. The van der Waals surface area contributed by atoms with Gasteiger partial charge in [0.2, 0.25) is 5.89 Å². The molecule has 0 aliphatic heterocycles. The maximum absolute atomic E-state index is 5.64. The van der Waals surface area contributed by atoms with Gasteiger partial charge in [-0.1, -0.05) is 12.1 Å². The Morgan fingerprint density at radius 2 is 2.21 bits per heavy atom. The molecule has 14 heavy (non-hydrogen) atoms. The van der Waals surface area contributed by atoms with Crippen molar-refractivity contribution in [2.45, 2.75) is 38.5 Å². The van der Waals surface area contributed by atoms with Crippen LogP contribution in [0.25, 0.3) is 0 Å². The molecule has 1 aromatic rings. The van der Waals surface area contributed by atoms with Gasteiger partial charge in [-0.05, 0) is 26.2 Å². The first-order chi connectivity index (χ1) is 6.54. The molecule has 0 spiro atoms. The van der Waals surface area contributed by atoms with E-state index in [1.165, 1.54) is 6.42 Å². The van der Waals surface area contributed by atoms with E-state index in [4.69, 9.17) is 10.3 Å². The van der Waals surface area contributed by atoms with Gasteiger partial charge in [-0.25, -0.2) is 0 Å². The van der Waals surface area contributed by atoms with E-state index in [0.29, 0.717) is 24.3 Å². The SMILES string of the molecule is CC1CC1c1noc(C(C)(C)CN)n1. The fraction of sp³-hybridized carbons (Fsp3) is 0.800. The summed E-state index contributed by atoms with van der Waals surface area (Å²) in [5.41, 5.74) is 5.43. The van der Waals surface area contributed by atoms with Gasteiger partial charge in [0, 0.05) is 12.5 Å². The van der Waals surface area contributed by atoms with Crippen molar-refractivity contribution in [1.29, 1.82) is 0 Å². The molecule has 4 heteroatoms. The first-order valence-corrected chi connectivity index (χ1v) is 5.09. The number of aromatic nitrogens is 2. The second-order valence-electron chi connectivity index (χ2n) is 4.87. The number of nitrogens with two attached hydrogens (primary N) is 1. The van der Waals surface area contributed by atoms with Crippen molar-refractivity contribution in [1.82, 2.24) is 10.1 Å². The second-order valence-corrected chi connectivity index (χ2v) is 4.87. The molecule has 1 saturated carbocycles. The molecule has 1 aromatic heterocycles. The van der Waals surface area contributed by atoms with Gasteiger partial charge < -0.3 is 10.3 Å². The van der Waals surface area contributed by atoms with E-state index in [0.717, 1.165) is 5.82 Å². The van der Waals surface area contributed by atoms with Crippen LogP contribution in [-0.4, -0.2) is 16.7 Å². The number of hydrogen-bond acceptors (Lipinski definition) is 4. The summed E-state index contributed by atoms with van der Waals surface area (Å²) in [6.45, 7) is 6.75. The maximum Gasteiger partial charge on any atom is 0.233 e. The molecule has 0 saturated heterocycles. The molecular weight excluding hydrogens is 178 g/mol. The second kappa shape index (κ2) is 3.05. The van der Waals surface area contributed by atoms with Crippen molar-refractivity contribution in [3.05, 3.63) is 11.7 Å². The van der Waals surface area contributed by atoms with Crippen molar-refractivity contribution < 1.29 is 4.52 Å². The lowest BCUT2D eigenvalue weighted by Crippen LogP contribution is -2.28. The molecule has 2 N–H and O–H groups in total. The lowest BCUT2D eigenvalue weighted by Gasteiger charge is -2.15. The van der Waals surface area contributed by atoms with Crippen LogP contribution in [0.4, 0.5) is 0 Å². The smallest absolute Gasteiger partial charge is 0.233 e. The third-order valence-corrected chi connectivity index (χ3v) is 2.97. The van der Waals surface area contributed by atoms with Crippen LogP contribution in [0, 0.1) is 5.92 Å². The zero-order valence-corrected chi connectivity index (χ0v) is 8.95. The average molecular weight is 195 g/mol. The standard InChI is InChI=1S/C10H17N3O/c1-6-4-7(6)8-12-9(14-13-8)10(2,3)5-11/h6-7H,4-5,11H2,1-3H3. The molecule has 2 unspecified atom stereocenters. The van der Waals surface area contributed by atoms with Crippen molar-refractivity contribution in [3.63, 3.8) is 0 Å². The Morgan fingerprint density at radius 1 is 1.57 bits per heavy atom. The van der Waals surface area contributed by atoms with E-state index in [2.05, 4.69) is 17.1 Å². The van der Waals surface area contributed by atoms with Crippen molar-refractivity contribution in [2.24, 2.45) is 11.7 Å². The molecule has 0 radical (unpaired) electrons. The molecule has 1 heterocycles. The zero-order chi connectivity index (χ0) is 10.3. The minimum Gasteiger partial charge on any atom is -0.339 e. The van der Waals surface area contributed by atoms with E-state index in [-0.39, 0.29) is 5.41 Å². The summed E-state index contributed by atoms with van der Waals surface area (Å²) < 4.78 is 5.23. The summed E-state index contributed by atoms with van der Waals surface area (Å²) in [6.07, 6.45) is 1.18. The molecule has 0 aromatic carbocycles. The topological polar surface area (TPSA) is 64.9 Å². The van der Waals surface area contributed by atoms with Gasteiger partial charge in [-0.3, -0.25) is 0 Å². The highest BCUT2D eigenvalue weighted by atomic mass is 16.5. The summed E-state index contributed by atoms with van der Waals surface area (Å²) >= 11 is 0. The van der Waals surface area contributed by atoms with E-state index in [9.17, 15) is 0 Å². The highest BCUT2D eigenvalue weighted by molar-refractivity contribution is 5.10. The molecule has 0 amide bonds. The van der Waals surface area contributed by atoms with Gasteiger partial charge >= 0.3 is 0 Å². The van der Waals surface area contributed by atoms with Crippen LogP contribution in [0.5, 0.6) is 0 Å². The lowest BCUT2D eigenvalue weighted by molar-refractivity contribution is 0.309. The predicted molar refractivity (Wildman–Crippen MR) is 52.9 cm³/mol. The number of nitrogens with zero attached hydrogens (tertiary/aromatic N) is 2. The molecule has 2 rings (SSSR count). The average Bonchev–Trinajstić information content (AvgIpc) is 2.70. The summed E-state index contributed by atoms with van der Waals surface area (Å²) in [4.78, 5) is 4.41. The van der Waals surface area contributed by atoms with E-state index in [1.807, 2.05) is 13.8 Å². The van der Waals surface area contributed by atoms with Gasteiger partial charge in [0.15, 0.2) is 5.82 Å².